The molecule has 0 radical (unpaired) electrons. The molecule has 1 aromatic heterocycles. The molecule has 0 fully saturated rings. The van der Waals surface area contributed by atoms with Crippen LogP contribution in [0.2, 0.25) is 0 Å². The first kappa shape index (κ1) is 34.5. The van der Waals surface area contributed by atoms with E-state index in [4.69, 9.17) is 0 Å². The standard InChI is InChI=1S/C49H53BN2S/c1-30-26-40-43-41(27-30)52(33-19-16-31(17-20-33)46(2,3)4)44-35-22-18-32(47(5,6)7)28-42(35)53-45(44)50(43)38-14-12-13-15-39(38)51(40)34-21-23-36-37(29-34)49(10,11)25-24-48(36,8)9/h12-23,26-29H,24-25H2,1-11H3. The van der Waals surface area contributed by atoms with Gasteiger partial charge in [0.1, 0.15) is 0 Å². The molecule has 0 atom stereocenters. The molecular formula is C49H53BN2S. The van der Waals surface area contributed by atoms with Crippen LogP contribution in [0.4, 0.5) is 34.1 Å². The van der Waals surface area contributed by atoms with Gasteiger partial charge >= 0.3 is 0 Å². The molecule has 0 spiro atoms. The van der Waals surface area contributed by atoms with Gasteiger partial charge in [-0.1, -0.05) is 118 Å². The van der Waals surface area contributed by atoms with Crippen molar-refractivity contribution in [3.05, 3.63) is 125 Å². The first-order chi connectivity index (χ1) is 24.9. The van der Waals surface area contributed by atoms with Crippen LogP contribution in [0.3, 0.4) is 0 Å². The average Bonchev–Trinajstić information content (AvgIpc) is 3.48. The predicted molar refractivity (Wildman–Crippen MR) is 233 cm³/mol. The number of rotatable bonds is 2. The summed E-state index contributed by atoms with van der Waals surface area (Å²) >= 11 is 2.00. The van der Waals surface area contributed by atoms with Crippen molar-refractivity contribution < 1.29 is 0 Å². The van der Waals surface area contributed by atoms with E-state index in [0.29, 0.717) is 0 Å². The van der Waals surface area contributed by atoms with E-state index in [9.17, 15) is 0 Å². The average molecular weight is 713 g/mol. The Morgan fingerprint density at radius 1 is 0.604 bits per heavy atom. The number of thiophene rings is 1. The van der Waals surface area contributed by atoms with Crippen molar-refractivity contribution >= 4 is 78.0 Å². The number of aryl methyl sites for hydroxylation is 1. The van der Waals surface area contributed by atoms with Crippen LogP contribution < -0.4 is 25.5 Å². The molecule has 2 nitrogen and oxygen atoms in total. The zero-order valence-electron chi connectivity index (χ0n) is 33.5. The van der Waals surface area contributed by atoms with E-state index in [2.05, 4.69) is 183 Å². The minimum atomic E-state index is 0.0744. The lowest BCUT2D eigenvalue weighted by atomic mass is 9.36. The lowest BCUT2D eigenvalue weighted by Crippen LogP contribution is -2.60. The van der Waals surface area contributed by atoms with Crippen LogP contribution in [0.25, 0.3) is 10.1 Å². The van der Waals surface area contributed by atoms with Crippen molar-refractivity contribution in [2.24, 2.45) is 0 Å². The fourth-order valence-electron chi connectivity index (χ4n) is 9.41. The summed E-state index contributed by atoms with van der Waals surface area (Å²) < 4.78 is 2.80. The monoisotopic (exact) mass is 712 g/mol. The molecule has 0 saturated heterocycles. The lowest BCUT2D eigenvalue weighted by molar-refractivity contribution is 0.332. The van der Waals surface area contributed by atoms with Gasteiger partial charge in [0, 0.05) is 43.3 Å². The maximum absolute atomic E-state index is 2.60. The fraction of sp³-hybridized carbons (Fsp3) is 0.347. The lowest BCUT2D eigenvalue weighted by Gasteiger charge is -2.45. The van der Waals surface area contributed by atoms with Crippen LogP contribution in [0.15, 0.2) is 97.1 Å². The number of anilines is 6. The van der Waals surface area contributed by atoms with Gasteiger partial charge in [-0.25, -0.2) is 0 Å². The molecule has 3 aliphatic rings. The SMILES string of the molecule is Cc1cc2c3c(c1)N(c1ccc(C(C)(C)C)cc1)c1c(sc4cc(C(C)(C)C)ccc14)B3c1ccccc1N2c1ccc2c(c1)C(C)(C)CCC2(C)C. The van der Waals surface area contributed by atoms with Gasteiger partial charge in [-0.3, -0.25) is 0 Å². The summed E-state index contributed by atoms with van der Waals surface area (Å²) in [5.41, 5.74) is 17.9. The van der Waals surface area contributed by atoms with E-state index < -0.39 is 0 Å². The van der Waals surface area contributed by atoms with Crippen LogP contribution in [-0.4, -0.2) is 6.71 Å². The number of hydrogen-bond donors (Lipinski definition) is 0. The summed E-state index contributed by atoms with van der Waals surface area (Å²) in [6.07, 6.45) is 2.41. The van der Waals surface area contributed by atoms with E-state index in [0.717, 1.165) is 0 Å². The fourth-order valence-corrected chi connectivity index (χ4v) is 10.8. The highest BCUT2D eigenvalue weighted by atomic mass is 32.1. The predicted octanol–water partition coefficient (Wildman–Crippen LogP) is 12.2. The number of fused-ring (bicyclic) bond motifs is 7. The second-order valence-corrected chi connectivity index (χ2v) is 20.5. The topological polar surface area (TPSA) is 6.48 Å². The second-order valence-electron chi connectivity index (χ2n) is 19.4. The minimum absolute atomic E-state index is 0.0744. The molecule has 268 valence electrons. The summed E-state index contributed by atoms with van der Waals surface area (Å²) in [6.45, 7) is 26.0. The Morgan fingerprint density at radius 2 is 1.21 bits per heavy atom. The number of benzene rings is 5. The summed E-state index contributed by atoms with van der Waals surface area (Å²) in [7, 11) is 0. The normalized spacial score (nSPS) is 17.0. The van der Waals surface area contributed by atoms with Crippen LogP contribution in [0.5, 0.6) is 0 Å². The van der Waals surface area contributed by atoms with E-state index in [1.54, 1.807) is 0 Å². The Bertz CT molecular complexity index is 2450. The smallest absolute Gasteiger partial charge is 0.264 e. The van der Waals surface area contributed by atoms with Gasteiger partial charge in [0.05, 0.1) is 5.69 Å². The van der Waals surface area contributed by atoms with Crippen molar-refractivity contribution in [3.8, 4) is 0 Å². The zero-order valence-corrected chi connectivity index (χ0v) is 34.3. The largest absolute Gasteiger partial charge is 0.311 e. The quantitative estimate of drug-likeness (QED) is 0.165. The van der Waals surface area contributed by atoms with Crippen molar-refractivity contribution in [1.82, 2.24) is 0 Å². The Hall–Kier alpha value is -4.28. The van der Waals surface area contributed by atoms with Crippen LogP contribution in [-0.2, 0) is 21.7 Å². The third-order valence-corrected chi connectivity index (χ3v) is 13.9. The van der Waals surface area contributed by atoms with Gasteiger partial charge in [-0.2, -0.15) is 0 Å². The molecule has 4 heteroatoms. The molecular weight excluding hydrogens is 659 g/mol. The molecule has 0 N–H and O–H groups in total. The molecule has 1 aliphatic carbocycles. The van der Waals surface area contributed by atoms with Crippen LogP contribution in [0.1, 0.15) is 110 Å². The molecule has 0 amide bonds. The third kappa shape index (κ3) is 5.26. The third-order valence-electron chi connectivity index (χ3n) is 12.7. The van der Waals surface area contributed by atoms with E-state index >= 15 is 0 Å². The summed E-state index contributed by atoms with van der Waals surface area (Å²) in [6, 6.07) is 38.1. The highest BCUT2D eigenvalue weighted by Gasteiger charge is 2.46. The minimum Gasteiger partial charge on any atom is -0.311 e. The van der Waals surface area contributed by atoms with Gasteiger partial charge in [-0.05, 0) is 129 Å². The van der Waals surface area contributed by atoms with Crippen LogP contribution in [0, 0.1) is 6.92 Å². The number of hydrogen-bond acceptors (Lipinski definition) is 3. The Morgan fingerprint density at radius 3 is 1.89 bits per heavy atom. The summed E-state index contributed by atoms with van der Waals surface area (Å²) in [4.78, 5) is 5.19. The molecule has 2 aliphatic heterocycles. The maximum Gasteiger partial charge on any atom is 0.264 e. The van der Waals surface area contributed by atoms with Crippen molar-refractivity contribution in [2.75, 3.05) is 9.80 Å². The van der Waals surface area contributed by atoms with Gasteiger partial charge < -0.3 is 9.80 Å². The molecule has 53 heavy (non-hydrogen) atoms. The summed E-state index contributed by atoms with van der Waals surface area (Å²) in [5, 5.41) is 1.34. The second kappa shape index (κ2) is 11.4. The van der Waals surface area contributed by atoms with E-state index in [1.807, 2.05) is 11.3 Å². The number of nitrogens with zero attached hydrogens (tertiary/aromatic N) is 2. The van der Waals surface area contributed by atoms with Gasteiger partial charge in [-0.15, -0.1) is 11.3 Å². The highest BCUT2D eigenvalue weighted by Crippen LogP contribution is 2.51. The van der Waals surface area contributed by atoms with Crippen molar-refractivity contribution in [3.63, 3.8) is 0 Å². The first-order valence-electron chi connectivity index (χ1n) is 19.6. The molecule has 5 aromatic carbocycles. The van der Waals surface area contributed by atoms with Gasteiger partial charge in [0.25, 0.3) is 6.71 Å². The van der Waals surface area contributed by atoms with E-state index in [-0.39, 0.29) is 28.4 Å². The first-order valence-corrected chi connectivity index (χ1v) is 20.4. The van der Waals surface area contributed by atoms with Gasteiger partial charge in [0.2, 0.25) is 0 Å². The molecule has 9 rings (SSSR count). The zero-order chi connectivity index (χ0) is 37.4. The van der Waals surface area contributed by atoms with Crippen molar-refractivity contribution in [1.29, 1.82) is 0 Å². The van der Waals surface area contributed by atoms with Crippen LogP contribution >= 0.6 is 11.3 Å². The molecule has 3 heterocycles. The Labute approximate surface area is 322 Å². The summed E-state index contributed by atoms with van der Waals surface area (Å²) in [5.74, 6) is 0. The van der Waals surface area contributed by atoms with Gasteiger partial charge in [0.15, 0.2) is 0 Å². The molecule has 0 saturated carbocycles. The molecule has 0 unspecified atom stereocenters. The molecule has 0 bridgehead atoms. The Balaban J connectivity index is 1.34. The van der Waals surface area contributed by atoms with E-state index in [1.165, 1.54) is 101 Å². The Kier molecular flexibility index (Phi) is 7.40. The number of para-hydroxylation sites is 1. The highest BCUT2D eigenvalue weighted by molar-refractivity contribution is 7.33. The maximum atomic E-state index is 2.60. The van der Waals surface area contributed by atoms with Crippen molar-refractivity contribution in [2.45, 2.75) is 111 Å². The molecule has 6 aromatic rings.